The highest BCUT2D eigenvalue weighted by molar-refractivity contribution is 5.67. The molecule has 0 heterocycles. The Hall–Kier alpha value is -1.55. The molecule has 2 aliphatic carbocycles. The van der Waals surface area contributed by atoms with Gasteiger partial charge in [0.1, 0.15) is 6.61 Å². The monoisotopic (exact) mass is 246 g/mol. The average Bonchev–Trinajstić information content (AvgIpc) is 2.99. The lowest BCUT2D eigenvalue weighted by molar-refractivity contribution is 0.116. The lowest BCUT2D eigenvalue weighted by Crippen LogP contribution is -2.47. The fraction of sp³-hybridized carbons (Fsp3) is 0.500. The minimum absolute atomic E-state index is 0.252. The van der Waals surface area contributed by atoms with E-state index in [4.69, 9.17) is 10.5 Å². The first-order valence-corrected chi connectivity index (χ1v) is 6.41. The van der Waals surface area contributed by atoms with Crippen LogP contribution in [0.3, 0.4) is 0 Å². The van der Waals surface area contributed by atoms with Crippen molar-refractivity contribution in [2.24, 2.45) is 11.1 Å². The number of nitrogens with one attached hydrogen (secondary N) is 1. The van der Waals surface area contributed by atoms with Crippen LogP contribution in [0.15, 0.2) is 30.3 Å². The smallest absolute Gasteiger partial charge is 0.407 e. The molecule has 1 unspecified atom stereocenters. The first-order valence-electron chi connectivity index (χ1n) is 6.41. The van der Waals surface area contributed by atoms with Crippen LogP contribution in [0.5, 0.6) is 0 Å². The first kappa shape index (κ1) is 11.5. The summed E-state index contributed by atoms with van der Waals surface area (Å²) in [5.74, 6) is 0. The van der Waals surface area contributed by atoms with Gasteiger partial charge in [0.05, 0.1) is 0 Å². The van der Waals surface area contributed by atoms with Gasteiger partial charge < -0.3 is 15.8 Å². The molecule has 4 heteroatoms. The lowest BCUT2D eigenvalue weighted by Gasteiger charge is -2.36. The molecule has 4 nitrogen and oxygen atoms in total. The van der Waals surface area contributed by atoms with Crippen molar-refractivity contribution in [2.75, 3.05) is 0 Å². The number of nitrogens with two attached hydrogens (primary N) is 1. The molecule has 1 spiro atoms. The summed E-state index contributed by atoms with van der Waals surface area (Å²) in [5, 5.41) is 2.89. The van der Waals surface area contributed by atoms with E-state index in [0.29, 0.717) is 18.1 Å². The van der Waals surface area contributed by atoms with Crippen LogP contribution in [0, 0.1) is 5.41 Å². The summed E-state index contributed by atoms with van der Waals surface area (Å²) >= 11 is 0. The minimum Gasteiger partial charge on any atom is -0.445 e. The van der Waals surface area contributed by atoms with Gasteiger partial charge in [-0.15, -0.1) is 0 Å². The fourth-order valence-electron chi connectivity index (χ4n) is 2.80. The Kier molecular flexibility index (Phi) is 2.74. The van der Waals surface area contributed by atoms with Crippen molar-refractivity contribution in [3.05, 3.63) is 35.9 Å². The predicted molar refractivity (Wildman–Crippen MR) is 67.8 cm³/mol. The van der Waals surface area contributed by atoms with Crippen LogP contribution in [0.1, 0.15) is 24.8 Å². The van der Waals surface area contributed by atoms with Crippen LogP contribution in [0.25, 0.3) is 0 Å². The third-order valence-corrected chi connectivity index (χ3v) is 4.09. The molecule has 0 saturated heterocycles. The van der Waals surface area contributed by atoms with Gasteiger partial charge in [0, 0.05) is 12.1 Å². The molecular weight excluding hydrogens is 228 g/mol. The predicted octanol–water partition coefficient (Wildman–Crippen LogP) is 1.79. The van der Waals surface area contributed by atoms with Gasteiger partial charge in [-0.2, -0.15) is 0 Å². The number of benzene rings is 1. The van der Waals surface area contributed by atoms with Crippen LogP contribution in [-0.2, 0) is 11.3 Å². The highest BCUT2D eigenvalue weighted by Gasteiger charge is 2.60. The number of rotatable bonds is 3. The molecule has 3 N–H and O–H groups in total. The van der Waals surface area contributed by atoms with E-state index in [-0.39, 0.29) is 12.1 Å². The molecule has 3 rings (SSSR count). The van der Waals surface area contributed by atoms with Crippen LogP contribution in [-0.4, -0.2) is 18.2 Å². The molecule has 2 saturated carbocycles. The van der Waals surface area contributed by atoms with Gasteiger partial charge >= 0.3 is 6.09 Å². The summed E-state index contributed by atoms with van der Waals surface area (Å²) in [7, 11) is 0. The van der Waals surface area contributed by atoms with E-state index in [0.717, 1.165) is 24.8 Å². The maximum atomic E-state index is 11.6. The largest absolute Gasteiger partial charge is 0.445 e. The average molecular weight is 246 g/mol. The third-order valence-electron chi connectivity index (χ3n) is 4.09. The zero-order valence-electron chi connectivity index (χ0n) is 10.3. The van der Waals surface area contributed by atoms with Crippen molar-refractivity contribution in [1.29, 1.82) is 0 Å². The molecular formula is C14H18N2O2. The van der Waals surface area contributed by atoms with Gasteiger partial charge in [0.25, 0.3) is 0 Å². The Morgan fingerprint density at radius 1 is 1.33 bits per heavy atom. The molecule has 96 valence electrons. The van der Waals surface area contributed by atoms with E-state index in [9.17, 15) is 4.79 Å². The van der Waals surface area contributed by atoms with Gasteiger partial charge in [0.2, 0.25) is 0 Å². The van der Waals surface area contributed by atoms with E-state index >= 15 is 0 Å². The van der Waals surface area contributed by atoms with Gasteiger partial charge in [-0.05, 0) is 30.2 Å². The van der Waals surface area contributed by atoms with E-state index in [2.05, 4.69) is 5.32 Å². The SMILES string of the molecule is NC1CC12CC(NC(=O)OCc1ccccc1)C2. The molecule has 0 aliphatic heterocycles. The molecule has 0 bridgehead atoms. The Labute approximate surface area is 107 Å². The van der Waals surface area contributed by atoms with Gasteiger partial charge in [0.15, 0.2) is 0 Å². The number of ether oxygens (including phenoxy) is 1. The van der Waals surface area contributed by atoms with Gasteiger partial charge in [-0.3, -0.25) is 0 Å². The standard InChI is InChI=1S/C14H18N2O2/c15-12-8-14(12)6-11(7-14)16-13(17)18-9-10-4-2-1-3-5-10/h1-5,11-12H,6-9,15H2,(H,16,17). The summed E-state index contributed by atoms with van der Waals surface area (Å²) in [6, 6.07) is 10.3. The van der Waals surface area contributed by atoms with Gasteiger partial charge in [-0.25, -0.2) is 4.79 Å². The summed E-state index contributed by atoms with van der Waals surface area (Å²) in [6.07, 6.45) is 2.81. The summed E-state index contributed by atoms with van der Waals surface area (Å²) in [5.41, 5.74) is 7.21. The van der Waals surface area contributed by atoms with E-state index in [1.54, 1.807) is 0 Å². The summed E-state index contributed by atoms with van der Waals surface area (Å²) in [4.78, 5) is 11.6. The number of carbonyl (C=O) groups excluding carboxylic acids is 1. The van der Waals surface area contributed by atoms with Crippen molar-refractivity contribution < 1.29 is 9.53 Å². The first-order chi connectivity index (χ1) is 8.68. The summed E-state index contributed by atoms with van der Waals surface area (Å²) in [6.45, 7) is 0.323. The Bertz CT molecular complexity index is 440. The maximum absolute atomic E-state index is 11.6. The second-order valence-corrected chi connectivity index (χ2v) is 5.48. The molecule has 1 aromatic carbocycles. The van der Waals surface area contributed by atoms with E-state index < -0.39 is 0 Å². The quantitative estimate of drug-likeness (QED) is 0.854. The number of alkyl carbamates (subject to hydrolysis) is 1. The van der Waals surface area contributed by atoms with E-state index in [1.165, 1.54) is 0 Å². The molecule has 0 aromatic heterocycles. The van der Waals surface area contributed by atoms with Gasteiger partial charge in [-0.1, -0.05) is 30.3 Å². The second-order valence-electron chi connectivity index (χ2n) is 5.48. The molecule has 2 fully saturated rings. The highest BCUT2D eigenvalue weighted by atomic mass is 16.5. The van der Waals surface area contributed by atoms with Crippen molar-refractivity contribution >= 4 is 6.09 Å². The molecule has 1 aromatic rings. The van der Waals surface area contributed by atoms with Crippen molar-refractivity contribution in [3.8, 4) is 0 Å². The normalized spacial score (nSPS) is 32.7. The van der Waals surface area contributed by atoms with Crippen molar-refractivity contribution in [2.45, 2.75) is 38.0 Å². The zero-order chi connectivity index (χ0) is 12.6. The van der Waals surface area contributed by atoms with Crippen LogP contribution in [0.4, 0.5) is 4.79 Å². The highest BCUT2D eigenvalue weighted by Crippen LogP contribution is 2.59. The topological polar surface area (TPSA) is 64.3 Å². The molecule has 18 heavy (non-hydrogen) atoms. The minimum atomic E-state index is -0.326. The fourth-order valence-corrected chi connectivity index (χ4v) is 2.80. The van der Waals surface area contributed by atoms with E-state index in [1.807, 2.05) is 30.3 Å². The molecule has 2 aliphatic rings. The van der Waals surface area contributed by atoms with Crippen LogP contribution in [0.2, 0.25) is 0 Å². The maximum Gasteiger partial charge on any atom is 0.407 e. The molecule has 0 radical (unpaired) electrons. The Balaban J connectivity index is 1.38. The number of hydrogen-bond acceptors (Lipinski definition) is 3. The number of amides is 1. The number of carbonyl (C=O) groups is 1. The van der Waals surface area contributed by atoms with Crippen molar-refractivity contribution in [3.63, 3.8) is 0 Å². The van der Waals surface area contributed by atoms with Crippen LogP contribution < -0.4 is 11.1 Å². The molecule has 1 amide bonds. The summed E-state index contributed by atoms with van der Waals surface area (Å²) < 4.78 is 5.17. The van der Waals surface area contributed by atoms with Crippen LogP contribution >= 0.6 is 0 Å². The molecule has 1 atom stereocenters. The lowest BCUT2D eigenvalue weighted by atomic mass is 9.76. The Morgan fingerprint density at radius 3 is 2.61 bits per heavy atom. The second kappa shape index (κ2) is 4.28. The van der Waals surface area contributed by atoms with Crippen molar-refractivity contribution in [1.82, 2.24) is 5.32 Å². The number of hydrogen-bond donors (Lipinski definition) is 2. The zero-order valence-corrected chi connectivity index (χ0v) is 10.3. The Morgan fingerprint density at radius 2 is 2.00 bits per heavy atom. The third kappa shape index (κ3) is 2.20.